The number of benzene rings is 3. The molecule has 0 unspecified atom stereocenters. The maximum atomic E-state index is 14.3. The van der Waals surface area contributed by atoms with Gasteiger partial charge in [-0.05, 0) is 91.6 Å². The van der Waals surface area contributed by atoms with Gasteiger partial charge in [0, 0.05) is 24.9 Å². The largest absolute Gasteiger partial charge is 0.497 e. The van der Waals surface area contributed by atoms with Crippen LogP contribution in [0.5, 0.6) is 11.5 Å². The molecule has 1 aromatic heterocycles. The van der Waals surface area contributed by atoms with Crippen molar-refractivity contribution in [3.63, 3.8) is 0 Å². The highest BCUT2D eigenvalue weighted by molar-refractivity contribution is 6.00. The minimum Gasteiger partial charge on any atom is -0.497 e. The molecular weight excluding hydrogens is 715 g/mol. The number of nitrogens with zero attached hydrogens (tertiary/aromatic N) is 2. The summed E-state index contributed by atoms with van der Waals surface area (Å²) in [6.07, 6.45) is 4.29. The van der Waals surface area contributed by atoms with E-state index in [1.807, 2.05) is 12.1 Å². The number of rotatable bonds is 9. The van der Waals surface area contributed by atoms with Crippen molar-refractivity contribution < 1.29 is 33.4 Å². The Labute approximate surface area is 326 Å². The fourth-order valence-corrected chi connectivity index (χ4v) is 6.84. The lowest BCUT2D eigenvalue weighted by molar-refractivity contribution is -0.140. The van der Waals surface area contributed by atoms with Crippen molar-refractivity contribution in [3.8, 4) is 11.5 Å². The molecule has 7 rings (SSSR count). The van der Waals surface area contributed by atoms with Gasteiger partial charge in [0.2, 0.25) is 23.6 Å². The van der Waals surface area contributed by atoms with Gasteiger partial charge in [0.25, 0.3) is 5.91 Å². The van der Waals surface area contributed by atoms with Crippen LogP contribution in [0.1, 0.15) is 61.5 Å². The Morgan fingerprint density at radius 1 is 0.964 bits per heavy atom. The molecule has 2 bridgehead atoms. The Bertz CT molecular complexity index is 2010. The molecule has 296 valence electrons. The molecule has 2 aliphatic heterocycles. The fourth-order valence-electron chi connectivity index (χ4n) is 6.84. The number of nitrogens with one attached hydrogen (secondary N) is 5. The number of imidazole rings is 1. The van der Waals surface area contributed by atoms with E-state index in [1.165, 1.54) is 11.2 Å². The van der Waals surface area contributed by atoms with Gasteiger partial charge in [-0.15, -0.1) is 0 Å². The lowest BCUT2D eigenvalue weighted by atomic mass is 10.0. The third-order valence-corrected chi connectivity index (χ3v) is 10.0. The third-order valence-electron chi connectivity index (χ3n) is 10.0. The maximum absolute atomic E-state index is 14.3. The zero-order valence-electron chi connectivity index (χ0n) is 32.3. The van der Waals surface area contributed by atoms with Gasteiger partial charge in [0.05, 0.1) is 37.1 Å². The van der Waals surface area contributed by atoms with Gasteiger partial charge >= 0.3 is 0 Å². The Hall–Kier alpha value is -5.92. The zero-order chi connectivity index (χ0) is 39.8. The first-order valence-electron chi connectivity index (χ1n) is 19.2. The minimum atomic E-state index is -1.13. The fraction of sp³-hybridized carbons (Fsp3) is 0.429. The lowest BCUT2D eigenvalue weighted by Gasteiger charge is -2.29. The van der Waals surface area contributed by atoms with E-state index in [2.05, 4.69) is 45.1 Å². The Balaban J connectivity index is 1.32. The highest BCUT2D eigenvalue weighted by Crippen LogP contribution is 2.30. The molecule has 3 aliphatic rings. The van der Waals surface area contributed by atoms with E-state index >= 15 is 0 Å². The maximum Gasteiger partial charge on any atom is 0.252 e. The van der Waals surface area contributed by atoms with Crippen LogP contribution in [-0.4, -0.2) is 95.4 Å². The molecule has 56 heavy (non-hydrogen) atoms. The monoisotopic (exact) mass is 765 g/mol. The summed E-state index contributed by atoms with van der Waals surface area (Å²) in [5.74, 6) is -0.630. The van der Waals surface area contributed by atoms with E-state index in [9.17, 15) is 24.0 Å². The number of hydrogen-bond acceptors (Lipinski definition) is 8. The summed E-state index contributed by atoms with van der Waals surface area (Å²) in [6.45, 7) is 6.14. The van der Waals surface area contributed by atoms with E-state index in [-0.39, 0.29) is 49.8 Å². The van der Waals surface area contributed by atoms with Crippen LogP contribution < -0.4 is 30.7 Å². The SMILES string of the molecule is COc1ccc(C[C@@H]2NC(=O)[C@@H](NC(=O)c3ccc4nc[nH]c4c3)Cc3ccc(cc3)OC[C@H](CC(C)C)NC(=O)CN(CC3CC3)C(=O)[C@@H](C)NC2=O)cc1. The highest BCUT2D eigenvalue weighted by atomic mass is 16.5. The van der Waals surface area contributed by atoms with Gasteiger partial charge in [-0.2, -0.15) is 0 Å². The molecule has 0 saturated heterocycles. The summed E-state index contributed by atoms with van der Waals surface area (Å²) < 4.78 is 11.4. The van der Waals surface area contributed by atoms with E-state index in [0.29, 0.717) is 41.1 Å². The van der Waals surface area contributed by atoms with Crippen molar-refractivity contribution >= 4 is 40.6 Å². The van der Waals surface area contributed by atoms with Gasteiger partial charge in [0.1, 0.15) is 36.2 Å². The number of H-pyrrole nitrogens is 1. The van der Waals surface area contributed by atoms with Gasteiger partial charge in [-0.3, -0.25) is 24.0 Å². The minimum absolute atomic E-state index is 0.0805. The molecule has 0 spiro atoms. The van der Waals surface area contributed by atoms with Crippen molar-refractivity contribution in [2.24, 2.45) is 11.8 Å². The van der Waals surface area contributed by atoms with Crippen molar-refractivity contribution in [2.75, 3.05) is 26.8 Å². The zero-order valence-corrected chi connectivity index (χ0v) is 32.3. The van der Waals surface area contributed by atoms with E-state index < -0.39 is 41.8 Å². The summed E-state index contributed by atoms with van der Waals surface area (Å²) in [4.78, 5) is 78.2. The highest BCUT2D eigenvalue weighted by Gasteiger charge is 2.34. The Morgan fingerprint density at radius 3 is 2.41 bits per heavy atom. The first-order valence-corrected chi connectivity index (χ1v) is 19.2. The summed E-state index contributed by atoms with van der Waals surface area (Å²) in [5, 5.41) is 11.7. The standard InChI is InChI=1S/C42H51N7O7/c1-25(2)17-31-23-56-33-14-9-28(10-15-33)19-37(47-39(51)30-11-16-34-35(20-30)44-24-43-34)41(53)48-36(18-27-7-12-32(55-4)13-8-27)40(52)45-26(3)42(54)49(21-29-5-6-29)22-38(50)46-31/h7-16,20,24-26,29,31,36-37H,5-6,17-19,21-23H2,1-4H3,(H,43,44)(H,45,52)(H,46,50)(H,47,51)(H,48,53)/t26-,31+,36+,37+/m1/s1. The summed E-state index contributed by atoms with van der Waals surface area (Å²) in [6, 6.07) is 15.8. The second kappa shape index (κ2) is 18.1. The number of aromatic nitrogens is 2. The van der Waals surface area contributed by atoms with Crippen LogP contribution in [0.4, 0.5) is 0 Å². The molecule has 4 aromatic rings. The van der Waals surface area contributed by atoms with Gasteiger partial charge in [-0.1, -0.05) is 38.1 Å². The molecule has 3 aromatic carbocycles. The molecule has 1 saturated carbocycles. The number of amides is 5. The van der Waals surface area contributed by atoms with Crippen LogP contribution in [0.2, 0.25) is 0 Å². The predicted octanol–water partition coefficient (Wildman–Crippen LogP) is 3.31. The van der Waals surface area contributed by atoms with Crippen LogP contribution in [-0.2, 0) is 32.0 Å². The van der Waals surface area contributed by atoms with Crippen molar-refractivity contribution in [1.29, 1.82) is 0 Å². The van der Waals surface area contributed by atoms with Crippen LogP contribution in [0.3, 0.4) is 0 Å². The average Bonchev–Trinajstić information content (AvgIpc) is 3.87. The molecule has 14 heteroatoms. The molecule has 5 N–H and O–H groups in total. The molecule has 1 aliphatic carbocycles. The Kier molecular flexibility index (Phi) is 12.9. The first kappa shape index (κ1) is 39.8. The molecule has 5 amide bonds. The molecule has 3 heterocycles. The number of carbonyl (C=O) groups excluding carboxylic acids is 5. The number of ether oxygens (including phenoxy) is 2. The van der Waals surface area contributed by atoms with Crippen molar-refractivity contribution in [2.45, 2.75) is 77.0 Å². The Morgan fingerprint density at radius 2 is 1.71 bits per heavy atom. The molecule has 4 atom stereocenters. The van der Waals surface area contributed by atoms with Crippen molar-refractivity contribution in [1.82, 2.24) is 36.1 Å². The molecule has 0 radical (unpaired) electrons. The number of carbonyl (C=O) groups is 5. The number of hydrogen-bond donors (Lipinski definition) is 5. The third kappa shape index (κ3) is 10.9. The topological polar surface area (TPSA) is 184 Å². The van der Waals surface area contributed by atoms with Crippen LogP contribution in [0, 0.1) is 11.8 Å². The second-order valence-corrected chi connectivity index (χ2v) is 15.2. The van der Waals surface area contributed by atoms with Crippen LogP contribution >= 0.6 is 0 Å². The van der Waals surface area contributed by atoms with Crippen LogP contribution in [0.25, 0.3) is 11.0 Å². The summed E-state index contributed by atoms with van der Waals surface area (Å²) >= 11 is 0. The first-order chi connectivity index (χ1) is 26.9. The summed E-state index contributed by atoms with van der Waals surface area (Å²) in [7, 11) is 1.55. The smallest absolute Gasteiger partial charge is 0.252 e. The van der Waals surface area contributed by atoms with Gasteiger partial charge in [0.15, 0.2) is 0 Å². The average molecular weight is 766 g/mol. The van der Waals surface area contributed by atoms with E-state index in [4.69, 9.17) is 9.47 Å². The van der Waals surface area contributed by atoms with Crippen molar-refractivity contribution in [3.05, 3.63) is 89.7 Å². The predicted molar refractivity (Wildman–Crippen MR) is 210 cm³/mol. The van der Waals surface area contributed by atoms with Gasteiger partial charge in [-0.25, -0.2) is 4.98 Å². The lowest BCUT2D eigenvalue weighted by Crippen LogP contribution is -2.58. The number of aromatic amines is 1. The number of fused-ring (bicyclic) bond motifs is 18. The quantitative estimate of drug-likeness (QED) is 0.161. The normalized spacial score (nSPS) is 21.6. The number of methoxy groups -OCH3 is 1. The summed E-state index contributed by atoms with van der Waals surface area (Å²) in [5.41, 5.74) is 3.14. The molecule has 14 nitrogen and oxygen atoms in total. The molecular formula is C42H51N7O7. The second-order valence-electron chi connectivity index (χ2n) is 15.2. The molecule has 1 fully saturated rings. The van der Waals surface area contributed by atoms with Crippen LogP contribution in [0.15, 0.2) is 73.1 Å². The van der Waals surface area contributed by atoms with E-state index in [1.54, 1.807) is 68.6 Å². The van der Waals surface area contributed by atoms with Gasteiger partial charge < -0.3 is 40.6 Å². The van der Waals surface area contributed by atoms with E-state index in [0.717, 1.165) is 24.0 Å².